The summed E-state index contributed by atoms with van der Waals surface area (Å²) in [5.74, 6) is 0.309. The molecule has 5 nitrogen and oxygen atoms in total. The number of amides is 1. The molecule has 0 bridgehead atoms. The van der Waals surface area contributed by atoms with Crippen molar-refractivity contribution in [3.8, 4) is 11.3 Å². The van der Waals surface area contributed by atoms with E-state index in [2.05, 4.69) is 10.6 Å². The first kappa shape index (κ1) is 22.4. The maximum Gasteiger partial charge on any atom is 0.261 e. The Morgan fingerprint density at radius 2 is 1.62 bits per heavy atom. The number of alkyl halides is 1. The molecule has 2 N–H and O–H groups in total. The first-order chi connectivity index (χ1) is 16.5. The molecule has 0 spiro atoms. The lowest BCUT2D eigenvalue weighted by Crippen LogP contribution is -2.23. The minimum Gasteiger partial charge on any atom is -0.346 e. The number of hydrogen-bond donors (Lipinski definition) is 2. The van der Waals surface area contributed by atoms with Gasteiger partial charge in [0.25, 0.3) is 5.91 Å². The Morgan fingerprint density at radius 3 is 2.38 bits per heavy atom. The van der Waals surface area contributed by atoms with Gasteiger partial charge in [-0.3, -0.25) is 4.79 Å². The molecule has 5 rings (SSSR count). The van der Waals surface area contributed by atoms with Crippen LogP contribution in [0.4, 0.5) is 11.6 Å². The van der Waals surface area contributed by atoms with Crippen molar-refractivity contribution in [1.29, 1.82) is 0 Å². The fraction of sp³-hybridized carbons (Fsp3) is 0.148. The maximum atomic E-state index is 13.0. The van der Waals surface area contributed by atoms with Crippen molar-refractivity contribution in [2.45, 2.75) is 24.6 Å². The van der Waals surface area contributed by atoms with Gasteiger partial charge in [-0.05, 0) is 37.1 Å². The average Bonchev–Trinajstić information content (AvgIpc) is 3.21. The number of fused-ring (bicyclic) bond motifs is 1. The van der Waals surface area contributed by atoms with E-state index in [1.54, 1.807) is 0 Å². The van der Waals surface area contributed by atoms with Crippen LogP contribution in [0.2, 0.25) is 0 Å². The van der Waals surface area contributed by atoms with Gasteiger partial charge in [0.05, 0.1) is 22.2 Å². The van der Waals surface area contributed by atoms with Crippen molar-refractivity contribution in [2.24, 2.45) is 0 Å². The van der Waals surface area contributed by atoms with Crippen LogP contribution in [-0.4, -0.2) is 26.6 Å². The van der Waals surface area contributed by atoms with Crippen LogP contribution in [-0.2, 0) is 4.79 Å². The van der Waals surface area contributed by atoms with Crippen molar-refractivity contribution >= 4 is 51.8 Å². The van der Waals surface area contributed by atoms with Crippen LogP contribution in [0.5, 0.6) is 0 Å². The molecular weight excluding hydrogens is 464 g/mol. The molecule has 0 aliphatic carbocycles. The first-order valence-electron chi connectivity index (χ1n) is 11.0. The number of aromatic nitrogens is 2. The Hall–Kier alpha value is -3.35. The highest BCUT2D eigenvalue weighted by atomic mass is 35.5. The summed E-state index contributed by atoms with van der Waals surface area (Å²) in [6.07, 6.45) is 1.85. The molecule has 0 saturated heterocycles. The Labute approximate surface area is 207 Å². The largest absolute Gasteiger partial charge is 0.346 e. The van der Waals surface area contributed by atoms with Gasteiger partial charge < -0.3 is 10.6 Å². The average molecular weight is 487 g/mol. The van der Waals surface area contributed by atoms with E-state index in [9.17, 15) is 4.79 Å². The van der Waals surface area contributed by atoms with E-state index in [0.717, 1.165) is 39.0 Å². The molecule has 0 fully saturated rings. The first-order valence-corrected chi connectivity index (χ1v) is 12.3. The molecule has 1 amide bonds. The lowest BCUT2D eigenvalue weighted by atomic mass is 10.1. The zero-order chi connectivity index (χ0) is 23.7. The number of benzene rings is 3. The second-order valence-corrected chi connectivity index (χ2v) is 10.1. The topological polar surface area (TPSA) is 66.9 Å². The number of halogens is 1. The summed E-state index contributed by atoms with van der Waals surface area (Å²) >= 11 is 7.95. The molecule has 170 valence electrons. The van der Waals surface area contributed by atoms with Crippen LogP contribution < -0.4 is 10.6 Å². The Bertz CT molecular complexity index is 1390. The Kier molecular flexibility index (Phi) is 6.26. The van der Waals surface area contributed by atoms with Crippen molar-refractivity contribution < 1.29 is 4.79 Å². The molecular formula is C27H23ClN4OS. The van der Waals surface area contributed by atoms with E-state index in [4.69, 9.17) is 21.6 Å². The smallest absolute Gasteiger partial charge is 0.261 e. The molecule has 2 unspecified atom stereocenters. The zero-order valence-corrected chi connectivity index (χ0v) is 20.3. The number of thioether (sulfide) groups is 1. The lowest BCUT2D eigenvalue weighted by molar-refractivity contribution is -0.112. The molecule has 3 aromatic carbocycles. The van der Waals surface area contributed by atoms with Crippen LogP contribution in [0.1, 0.15) is 11.1 Å². The quantitative estimate of drug-likeness (QED) is 0.314. The van der Waals surface area contributed by atoms with E-state index in [0.29, 0.717) is 10.9 Å². The molecule has 4 aromatic rings. The highest BCUT2D eigenvalue weighted by Crippen LogP contribution is 2.38. The van der Waals surface area contributed by atoms with Crippen molar-refractivity contribution in [3.63, 3.8) is 0 Å². The molecule has 1 aliphatic heterocycles. The van der Waals surface area contributed by atoms with Crippen molar-refractivity contribution in [2.75, 3.05) is 10.6 Å². The van der Waals surface area contributed by atoms with Crippen LogP contribution in [0.15, 0.2) is 83.8 Å². The summed E-state index contributed by atoms with van der Waals surface area (Å²) in [5, 5.41) is 7.35. The number of hydrogen-bond acceptors (Lipinski definition) is 5. The second kappa shape index (κ2) is 9.49. The summed E-state index contributed by atoms with van der Waals surface area (Å²) in [7, 11) is 0. The summed E-state index contributed by atoms with van der Waals surface area (Å²) < 4.78 is -0.367. The van der Waals surface area contributed by atoms with Gasteiger partial charge in [-0.25, -0.2) is 9.97 Å². The number of nitrogens with zero attached hydrogens (tertiary/aromatic N) is 2. The Balaban J connectivity index is 1.42. The predicted octanol–water partition coefficient (Wildman–Crippen LogP) is 6.53. The van der Waals surface area contributed by atoms with Gasteiger partial charge >= 0.3 is 0 Å². The Morgan fingerprint density at radius 1 is 0.912 bits per heavy atom. The highest BCUT2D eigenvalue weighted by molar-refractivity contribution is 8.06. The standard InChI is InChI=1S/C27H23ClN4OS/c1-16-9-8-10-17(2)23(16)31-26(33)22-15-21(25(28)34-22)30-27-29-20-14-7-6-13-19(20)24(32-27)18-11-4-3-5-12-18/h3-15,21,25H,1-2H3,(H,31,33)(H,29,30,32). The molecule has 0 radical (unpaired) electrons. The van der Waals surface area contributed by atoms with Crippen LogP contribution in [0, 0.1) is 13.8 Å². The molecule has 2 heterocycles. The van der Waals surface area contributed by atoms with Crippen LogP contribution in [0.3, 0.4) is 0 Å². The van der Waals surface area contributed by atoms with Crippen molar-refractivity contribution in [3.05, 3.63) is 94.9 Å². The van der Waals surface area contributed by atoms with Gasteiger partial charge in [0.15, 0.2) is 0 Å². The monoisotopic (exact) mass is 486 g/mol. The summed E-state index contributed by atoms with van der Waals surface area (Å²) in [6.45, 7) is 3.96. The van der Waals surface area contributed by atoms with Crippen LogP contribution in [0.25, 0.3) is 22.2 Å². The molecule has 1 aromatic heterocycles. The van der Waals surface area contributed by atoms with E-state index < -0.39 is 0 Å². The summed E-state index contributed by atoms with van der Waals surface area (Å²) in [6, 6.07) is 23.6. The van der Waals surface area contributed by atoms with E-state index in [1.165, 1.54) is 11.8 Å². The molecule has 0 saturated carbocycles. The summed E-state index contributed by atoms with van der Waals surface area (Å²) in [4.78, 5) is 23.0. The van der Waals surface area contributed by atoms with Gasteiger partial charge in [0.2, 0.25) is 5.95 Å². The van der Waals surface area contributed by atoms with Crippen LogP contribution >= 0.6 is 23.4 Å². The minimum absolute atomic E-state index is 0.165. The fourth-order valence-electron chi connectivity index (χ4n) is 4.00. The third kappa shape index (κ3) is 4.52. The van der Waals surface area contributed by atoms with Crippen molar-refractivity contribution in [1.82, 2.24) is 9.97 Å². The minimum atomic E-state index is -0.367. The third-order valence-electron chi connectivity index (χ3n) is 5.74. The molecule has 1 aliphatic rings. The predicted molar refractivity (Wildman–Crippen MR) is 142 cm³/mol. The lowest BCUT2D eigenvalue weighted by Gasteiger charge is -2.16. The van der Waals surface area contributed by atoms with Gasteiger partial charge in [-0.15, -0.1) is 11.6 Å². The highest BCUT2D eigenvalue weighted by Gasteiger charge is 2.31. The number of carbonyl (C=O) groups excluding carboxylic acids is 1. The second-order valence-electron chi connectivity index (χ2n) is 8.17. The zero-order valence-electron chi connectivity index (χ0n) is 18.7. The normalized spacial score (nSPS) is 17.4. The SMILES string of the molecule is Cc1cccc(C)c1NC(=O)C1=CC(Nc2nc(-c3ccccc3)c3ccccc3n2)C(Cl)S1. The van der Waals surface area contributed by atoms with Gasteiger partial charge in [-0.2, -0.15) is 0 Å². The van der Waals surface area contributed by atoms with E-state index in [1.807, 2.05) is 92.7 Å². The van der Waals surface area contributed by atoms with E-state index >= 15 is 0 Å². The molecule has 34 heavy (non-hydrogen) atoms. The number of carbonyl (C=O) groups is 1. The number of para-hydroxylation sites is 2. The molecule has 7 heteroatoms. The fourth-order valence-corrected chi connectivity index (χ4v) is 5.34. The number of anilines is 2. The van der Waals surface area contributed by atoms with Gasteiger partial charge in [0, 0.05) is 16.6 Å². The van der Waals surface area contributed by atoms with Gasteiger partial charge in [-0.1, -0.05) is 78.5 Å². The number of rotatable bonds is 5. The number of aryl methyl sites for hydroxylation is 2. The third-order valence-corrected chi connectivity index (χ3v) is 7.38. The van der Waals surface area contributed by atoms with E-state index in [-0.39, 0.29) is 16.7 Å². The molecule has 2 atom stereocenters. The maximum absolute atomic E-state index is 13.0. The summed E-state index contributed by atoms with van der Waals surface area (Å²) in [5.41, 5.74) is 5.58. The number of nitrogens with one attached hydrogen (secondary N) is 2. The van der Waals surface area contributed by atoms with Gasteiger partial charge in [0.1, 0.15) is 4.71 Å².